The maximum absolute atomic E-state index is 3.48. The lowest BCUT2D eigenvalue weighted by atomic mass is 10.1. The largest absolute Gasteiger partial charge is 0.368 e. The van der Waals surface area contributed by atoms with E-state index >= 15 is 0 Å². The molecule has 16 heavy (non-hydrogen) atoms. The highest BCUT2D eigenvalue weighted by Gasteiger charge is 2.16. The zero-order chi connectivity index (χ0) is 11.4. The van der Waals surface area contributed by atoms with Crippen molar-refractivity contribution in [2.75, 3.05) is 24.5 Å². The standard InChI is InChI=1S/C14H22N2/c1-3-13-5-7-14(8-6-13)16-10-4-9-15-11-12(16)2/h5-8,12,15H,3-4,9-11H2,1-2H3. The molecule has 0 aromatic heterocycles. The van der Waals surface area contributed by atoms with E-state index in [0.717, 1.165) is 19.5 Å². The molecule has 1 aromatic carbocycles. The molecule has 0 amide bonds. The van der Waals surface area contributed by atoms with Gasteiger partial charge >= 0.3 is 0 Å². The highest BCUT2D eigenvalue weighted by Crippen LogP contribution is 2.19. The molecule has 1 aromatic rings. The smallest absolute Gasteiger partial charge is 0.0386 e. The zero-order valence-electron chi connectivity index (χ0n) is 10.4. The third kappa shape index (κ3) is 2.56. The maximum Gasteiger partial charge on any atom is 0.0386 e. The Hall–Kier alpha value is -1.02. The summed E-state index contributed by atoms with van der Waals surface area (Å²) in [6.45, 7) is 7.91. The molecular formula is C14H22N2. The second-order valence-electron chi connectivity index (χ2n) is 4.62. The van der Waals surface area contributed by atoms with Crippen LogP contribution in [0.25, 0.3) is 0 Å². The van der Waals surface area contributed by atoms with Crippen molar-refractivity contribution in [2.24, 2.45) is 0 Å². The number of hydrogen-bond acceptors (Lipinski definition) is 2. The molecule has 0 bridgehead atoms. The second-order valence-corrected chi connectivity index (χ2v) is 4.62. The van der Waals surface area contributed by atoms with E-state index in [1.165, 1.54) is 24.2 Å². The van der Waals surface area contributed by atoms with E-state index in [0.29, 0.717) is 6.04 Å². The van der Waals surface area contributed by atoms with Crippen molar-refractivity contribution in [2.45, 2.75) is 32.7 Å². The summed E-state index contributed by atoms with van der Waals surface area (Å²) in [6.07, 6.45) is 2.36. The predicted octanol–water partition coefficient (Wildman–Crippen LogP) is 2.44. The Morgan fingerprint density at radius 1 is 1.31 bits per heavy atom. The Labute approximate surface area is 98.7 Å². The van der Waals surface area contributed by atoms with E-state index in [4.69, 9.17) is 0 Å². The Bertz CT molecular complexity index is 318. The third-order valence-corrected chi connectivity index (χ3v) is 3.40. The summed E-state index contributed by atoms with van der Waals surface area (Å²) in [6, 6.07) is 9.62. The zero-order valence-corrected chi connectivity index (χ0v) is 10.4. The van der Waals surface area contributed by atoms with Gasteiger partial charge in [-0.15, -0.1) is 0 Å². The molecule has 0 spiro atoms. The molecule has 1 unspecified atom stereocenters. The van der Waals surface area contributed by atoms with Gasteiger partial charge in [-0.2, -0.15) is 0 Å². The van der Waals surface area contributed by atoms with Gasteiger partial charge in [0.2, 0.25) is 0 Å². The van der Waals surface area contributed by atoms with Gasteiger partial charge in [0.25, 0.3) is 0 Å². The van der Waals surface area contributed by atoms with E-state index in [2.05, 4.69) is 48.3 Å². The van der Waals surface area contributed by atoms with Crippen LogP contribution in [0.5, 0.6) is 0 Å². The van der Waals surface area contributed by atoms with Crippen LogP contribution in [0.3, 0.4) is 0 Å². The van der Waals surface area contributed by atoms with Crippen LogP contribution in [0.4, 0.5) is 5.69 Å². The minimum atomic E-state index is 0.593. The SMILES string of the molecule is CCc1ccc(N2CCCNCC2C)cc1. The lowest BCUT2D eigenvalue weighted by Crippen LogP contribution is -2.37. The molecular weight excluding hydrogens is 196 g/mol. The molecule has 1 saturated heterocycles. The average Bonchev–Trinajstić information content (AvgIpc) is 2.54. The Kier molecular flexibility index (Phi) is 3.83. The monoisotopic (exact) mass is 218 g/mol. The van der Waals surface area contributed by atoms with Crippen molar-refractivity contribution >= 4 is 5.69 Å². The first kappa shape index (κ1) is 11.5. The van der Waals surface area contributed by atoms with Crippen molar-refractivity contribution in [3.8, 4) is 0 Å². The summed E-state index contributed by atoms with van der Waals surface area (Å²) in [5.41, 5.74) is 2.79. The fourth-order valence-electron chi connectivity index (χ4n) is 2.32. The van der Waals surface area contributed by atoms with E-state index in [1.807, 2.05) is 0 Å². The van der Waals surface area contributed by atoms with Gasteiger partial charge in [0.05, 0.1) is 0 Å². The van der Waals surface area contributed by atoms with E-state index in [9.17, 15) is 0 Å². The number of benzene rings is 1. The molecule has 0 saturated carbocycles. The summed E-state index contributed by atoms with van der Waals surface area (Å²) < 4.78 is 0. The van der Waals surface area contributed by atoms with Gasteiger partial charge in [0, 0.05) is 24.8 Å². The molecule has 2 nitrogen and oxygen atoms in total. The van der Waals surface area contributed by atoms with Crippen LogP contribution < -0.4 is 10.2 Å². The highest BCUT2D eigenvalue weighted by atomic mass is 15.2. The van der Waals surface area contributed by atoms with Crippen molar-refractivity contribution in [1.82, 2.24) is 5.32 Å². The highest BCUT2D eigenvalue weighted by molar-refractivity contribution is 5.48. The molecule has 1 N–H and O–H groups in total. The third-order valence-electron chi connectivity index (χ3n) is 3.40. The lowest BCUT2D eigenvalue weighted by molar-refractivity contribution is 0.630. The van der Waals surface area contributed by atoms with Crippen molar-refractivity contribution in [3.05, 3.63) is 29.8 Å². The van der Waals surface area contributed by atoms with E-state index < -0.39 is 0 Å². The van der Waals surface area contributed by atoms with Gasteiger partial charge in [-0.3, -0.25) is 0 Å². The minimum absolute atomic E-state index is 0.593. The first-order chi connectivity index (χ1) is 7.81. The molecule has 1 aliphatic rings. The van der Waals surface area contributed by atoms with Crippen LogP contribution >= 0.6 is 0 Å². The quantitative estimate of drug-likeness (QED) is 0.820. The number of rotatable bonds is 2. The fourth-order valence-corrected chi connectivity index (χ4v) is 2.32. The van der Waals surface area contributed by atoms with Crippen LogP contribution in [0.2, 0.25) is 0 Å². The van der Waals surface area contributed by atoms with Gasteiger partial charge in [-0.05, 0) is 44.0 Å². The number of nitrogens with one attached hydrogen (secondary N) is 1. The summed E-state index contributed by atoms with van der Waals surface area (Å²) in [5.74, 6) is 0. The molecule has 88 valence electrons. The van der Waals surface area contributed by atoms with Crippen LogP contribution in [0, 0.1) is 0 Å². The molecule has 0 aliphatic carbocycles. The summed E-state index contributed by atoms with van der Waals surface area (Å²) in [4.78, 5) is 2.51. The van der Waals surface area contributed by atoms with Gasteiger partial charge in [0.15, 0.2) is 0 Å². The Balaban J connectivity index is 2.14. The average molecular weight is 218 g/mol. The number of hydrogen-bond donors (Lipinski definition) is 1. The number of aryl methyl sites for hydroxylation is 1. The molecule has 1 atom stereocenters. The molecule has 1 aliphatic heterocycles. The molecule has 1 heterocycles. The summed E-state index contributed by atoms with van der Waals surface area (Å²) in [7, 11) is 0. The number of nitrogens with zero attached hydrogens (tertiary/aromatic N) is 1. The first-order valence-corrected chi connectivity index (χ1v) is 6.37. The van der Waals surface area contributed by atoms with Crippen LogP contribution in [-0.2, 0) is 6.42 Å². The van der Waals surface area contributed by atoms with Gasteiger partial charge in [-0.25, -0.2) is 0 Å². The van der Waals surface area contributed by atoms with E-state index in [1.54, 1.807) is 0 Å². The van der Waals surface area contributed by atoms with Crippen LogP contribution in [-0.4, -0.2) is 25.7 Å². The normalized spacial score (nSPS) is 21.9. The summed E-state index contributed by atoms with van der Waals surface area (Å²) >= 11 is 0. The molecule has 1 fully saturated rings. The van der Waals surface area contributed by atoms with E-state index in [-0.39, 0.29) is 0 Å². The fraction of sp³-hybridized carbons (Fsp3) is 0.571. The number of anilines is 1. The summed E-state index contributed by atoms with van der Waals surface area (Å²) in [5, 5.41) is 3.48. The molecule has 2 heteroatoms. The second kappa shape index (κ2) is 5.35. The molecule has 0 radical (unpaired) electrons. The Morgan fingerprint density at radius 2 is 2.06 bits per heavy atom. The van der Waals surface area contributed by atoms with Crippen molar-refractivity contribution in [3.63, 3.8) is 0 Å². The van der Waals surface area contributed by atoms with Gasteiger partial charge in [-0.1, -0.05) is 19.1 Å². The van der Waals surface area contributed by atoms with Crippen molar-refractivity contribution in [1.29, 1.82) is 0 Å². The van der Waals surface area contributed by atoms with Crippen molar-refractivity contribution < 1.29 is 0 Å². The van der Waals surface area contributed by atoms with Gasteiger partial charge < -0.3 is 10.2 Å². The van der Waals surface area contributed by atoms with Gasteiger partial charge in [0.1, 0.15) is 0 Å². The first-order valence-electron chi connectivity index (χ1n) is 6.37. The molecule has 2 rings (SSSR count). The maximum atomic E-state index is 3.48. The van der Waals surface area contributed by atoms with Crippen LogP contribution in [0.15, 0.2) is 24.3 Å². The topological polar surface area (TPSA) is 15.3 Å². The lowest BCUT2D eigenvalue weighted by Gasteiger charge is -2.29. The predicted molar refractivity (Wildman–Crippen MR) is 70.1 cm³/mol. The minimum Gasteiger partial charge on any atom is -0.368 e. The Morgan fingerprint density at radius 3 is 2.75 bits per heavy atom. The van der Waals surface area contributed by atoms with Crippen LogP contribution in [0.1, 0.15) is 25.8 Å².